The summed E-state index contributed by atoms with van der Waals surface area (Å²) in [6.07, 6.45) is 0.892. The summed E-state index contributed by atoms with van der Waals surface area (Å²) in [5, 5.41) is 21.9. The van der Waals surface area contributed by atoms with E-state index in [0.29, 0.717) is 38.3 Å². The van der Waals surface area contributed by atoms with Crippen LogP contribution in [0.25, 0.3) is 0 Å². The van der Waals surface area contributed by atoms with E-state index in [1.165, 1.54) is 0 Å². The van der Waals surface area contributed by atoms with Crippen molar-refractivity contribution in [2.75, 3.05) is 13.1 Å². The fraction of sp³-hybridized carbons (Fsp3) is 0.467. The molecule has 7 nitrogen and oxygen atoms in total. The molecule has 1 aromatic heterocycles. The van der Waals surface area contributed by atoms with Crippen LogP contribution in [-0.2, 0) is 16.9 Å². The van der Waals surface area contributed by atoms with Crippen LogP contribution in [0.15, 0.2) is 30.3 Å². The number of carbonyl (C=O) groups excluding carboxylic acids is 1. The van der Waals surface area contributed by atoms with Crippen molar-refractivity contribution >= 4 is 5.91 Å². The molecule has 1 atom stereocenters. The van der Waals surface area contributed by atoms with Gasteiger partial charge in [-0.15, -0.1) is 5.10 Å². The maximum atomic E-state index is 12.3. The zero-order valence-corrected chi connectivity index (χ0v) is 12.5. The Bertz CT molecular complexity index is 657. The number of aromatic nitrogens is 4. The number of aliphatic hydroxyl groups is 1. The van der Waals surface area contributed by atoms with Crippen molar-refractivity contribution in [3.05, 3.63) is 41.7 Å². The molecule has 22 heavy (non-hydrogen) atoms. The number of aryl methyl sites for hydroxylation is 2. The van der Waals surface area contributed by atoms with Crippen LogP contribution < -0.4 is 0 Å². The third-order valence-electron chi connectivity index (χ3n) is 4.16. The molecule has 1 aromatic carbocycles. The van der Waals surface area contributed by atoms with Gasteiger partial charge in [0.15, 0.2) is 0 Å². The molecular formula is C15H19N5O2. The van der Waals surface area contributed by atoms with E-state index in [2.05, 4.69) is 15.5 Å². The Balaban J connectivity index is 1.60. The molecule has 1 saturated heterocycles. The molecule has 0 aliphatic carbocycles. The van der Waals surface area contributed by atoms with Crippen LogP contribution in [-0.4, -0.2) is 49.2 Å². The summed E-state index contributed by atoms with van der Waals surface area (Å²) < 4.78 is 1.61. The first-order chi connectivity index (χ1) is 10.6. The molecule has 1 aliphatic heterocycles. The average molecular weight is 301 g/mol. The molecule has 7 heteroatoms. The van der Waals surface area contributed by atoms with E-state index in [4.69, 9.17) is 0 Å². The van der Waals surface area contributed by atoms with Gasteiger partial charge in [0.25, 0.3) is 0 Å². The normalized spacial score (nSPS) is 21.3. The molecule has 1 aliphatic rings. The number of rotatable bonds is 4. The zero-order chi connectivity index (χ0) is 15.6. The van der Waals surface area contributed by atoms with E-state index in [9.17, 15) is 9.90 Å². The Morgan fingerprint density at radius 2 is 2.14 bits per heavy atom. The Morgan fingerprint density at radius 3 is 2.82 bits per heavy atom. The Morgan fingerprint density at radius 1 is 1.36 bits per heavy atom. The largest absolute Gasteiger partial charge is 0.383 e. The first-order valence-corrected chi connectivity index (χ1v) is 7.37. The number of amides is 1. The summed E-state index contributed by atoms with van der Waals surface area (Å²) in [6.45, 7) is 3.16. The highest BCUT2D eigenvalue weighted by atomic mass is 16.3. The highest BCUT2D eigenvalue weighted by molar-refractivity contribution is 5.76. The maximum Gasteiger partial charge on any atom is 0.224 e. The quantitative estimate of drug-likeness (QED) is 0.888. The maximum absolute atomic E-state index is 12.3. The molecule has 0 spiro atoms. The molecule has 1 N–H and O–H groups in total. The predicted molar refractivity (Wildman–Crippen MR) is 78.7 cm³/mol. The van der Waals surface area contributed by atoms with Crippen molar-refractivity contribution in [2.45, 2.75) is 31.9 Å². The third-order valence-corrected chi connectivity index (χ3v) is 4.16. The van der Waals surface area contributed by atoms with Gasteiger partial charge in [-0.25, -0.2) is 4.68 Å². The van der Waals surface area contributed by atoms with Crippen LogP contribution in [0.4, 0.5) is 0 Å². The minimum atomic E-state index is -0.943. The van der Waals surface area contributed by atoms with Gasteiger partial charge >= 0.3 is 0 Å². The minimum Gasteiger partial charge on any atom is -0.383 e. The second-order valence-electron chi connectivity index (χ2n) is 5.66. The smallest absolute Gasteiger partial charge is 0.224 e. The summed E-state index contributed by atoms with van der Waals surface area (Å²) in [4.78, 5) is 14.0. The van der Waals surface area contributed by atoms with Crippen LogP contribution >= 0.6 is 0 Å². The SMILES string of the molecule is Cc1nnnn1CCC(=O)N1CC[C@](O)(c2ccccc2)C1. The van der Waals surface area contributed by atoms with E-state index in [1.807, 2.05) is 30.3 Å². The van der Waals surface area contributed by atoms with Crippen LogP contribution in [0.3, 0.4) is 0 Å². The number of nitrogens with zero attached hydrogens (tertiary/aromatic N) is 5. The monoisotopic (exact) mass is 301 g/mol. The van der Waals surface area contributed by atoms with Crippen LogP contribution in [0.5, 0.6) is 0 Å². The highest BCUT2D eigenvalue weighted by Crippen LogP contribution is 2.31. The molecule has 2 heterocycles. The molecule has 1 amide bonds. The van der Waals surface area contributed by atoms with Crippen molar-refractivity contribution in [3.8, 4) is 0 Å². The number of hydrogen-bond donors (Lipinski definition) is 1. The van der Waals surface area contributed by atoms with Gasteiger partial charge in [-0.1, -0.05) is 30.3 Å². The first kappa shape index (κ1) is 14.6. The van der Waals surface area contributed by atoms with Crippen molar-refractivity contribution in [2.24, 2.45) is 0 Å². The van der Waals surface area contributed by atoms with Gasteiger partial charge in [0, 0.05) is 13.0 Å². The van der Waals surface area contributed by atoms with Gasteiger partial charge in [-0.2, -0.15) is 0 Å². The van der Waals surface area contributed by atoms with E-state index in [0.717, 1.165) is 5.56 Å². The van der Waals surface area contributed by atoms with Gasteiger partial charge < -0.3 is 10.0 Å². The fourth-order valence-corrected chi connectivity index (χ4v) is 2.81. The molecule has 0 bridgehead atoms. The first-order valence-electron chi connectivity index (χ1n) is 7.37. The summed E-state index contributed by atoms with van der Waals surface area (Å²) in [5.74, 6) is 0.705. The Kier molecular flexibility index (Phi) is 3.89. The van der Waals surface area contributed by atoms with Gasteiger partial charge in [0.2, 0.25) is 5.91 Å². The van der Waals surface area contributed by atoms with Gasteiger partial charge in [0.05, 0.1) is 13.1 Å². The van der Waals surface area contributed by atoms with Crippen LogP contribution in [0, 0.1) is 6.92 Å². The standard InChI is InChI=1S/C15H19N5O2/c1-12-16-17-18-20(12)9-7-14(21)19-10-8-15(22,11-19)13-5-3-2-4-6-13/h2-6,22H,7-11H2,1H3/t15-/m1/s1. The molecule has 0 saturated carbocycles. The lowest BCUT2D eigenvalue weighted by molar-refractivity contribution is -0.131. The third kappa shape index (κ3) is 2.85. The fourth-order valence-electron chi connectivity index (χ4n) is 2.81. The van der Waals surface area contributed by atoms with Crippen molar-refractivity contribution in [1.29, 1.82) is 0 Å². The van der Waals surface area contributed by atoms with E-state index >= 15 is 0 Å². The molecule has 3 rings (SSSR count). The van der Waals surface area contributed by atoms with E-state index in [1.54, 1.807) is 16.5 Å². The van der Waals surface area contributed by atoms with Gasteiger partial charge in [0.1, 0.15) is 11.4 Å². The van der Waals surface area contributed by atoms with Crippen molar-refractivity contribution < 1.29 is 9.90 Å². The van der Waals surface area contributed by atoms with Gasteiger partial charge in [-0.05, 0) is 29.3 Å². The topological polar surface area (TPSA) is 84.1 Å². The second-order valence-corrected chi connectivity index (χ2v) is 5.66. The predicted octanol–water partition coefficient (Wildman–Crippen LogP) is 0.492. The number of likely N-dealkylation sites (tertiary alicyclic amines) is 1. The zero-order valence-electron chi connectivity index (χ0n) is 12.5. The van der Waals surface area contributed by atoms with E-state index in [-0.39, 0.29) is 5.91 Å². The molecule has 1 fully saturated rings. The lowest BCUT2D eigenvalue weighted by Gasteiger charge is -2.24. The molecule has 0 radical (unpaired) electrons. The summed E-state index contributed by atoms with van der Waals surface area (Å²) in [6, 6.07) is 9.52. The van der Waals surface area contributed by atoms with Gasteiger partial charge in [-0.3, -0.25) is 4.79 Å². The number of benzene rings is 1. The van der Waals surface area contributed by atoms with Crippen LogP contribution in [0.2, 0.25) is 0 Å². The molecular weight excluding hydrogens is 282 g/mol. The summed E-state index contributed by atoms with van der Waals surface area (Å²) in [7, 11) is 0. The number of hydrogen-bond acceptors (Lipinski definition) is 5. The van der Waals surface area contributed by atoms with E-state index < -0.39 is 5.60 Å². The van der Waals surface area contributed by atoms with Crippen molar-refractivity contribution in [3.63, 3.8) is 0 Å². The minimum absolute atomic E-state index is 0.0155. The molecule has 2 aromatic rings. The number of tetrazole rings is 1. The highest BCUT2D eigenvalue weighted by Gasteiger charge is 2.39. The summed E-state index contributed by atoms with van der Waals surface area (Å²) >= 11 is 0. The number of β-amino-alcohol motifs (C(OH)–C–C–N with tert-alkyl or cyclic N) is 1. The Hall–Kier alpha value is -2.28. The average Bonchev–Trinajstić information content (AvgIpc) is 3.13. The molecule has 116 valence electrons. The lowest BCUT2D eigenvalue weighted by atomic mass is 9.93. The summed E-state index contributed by atoms with van der Waals surface area (Å²) in [5.41, 5.74) is -0.0802. The molecule has 0 unspecified atom stereocenters. The second kappa shape index (κ2) is 5.84. The Labute approximate surface area is 128 Å². The van der Waals surface area contributed by atoms with Crippen LogP contribution in [0.1, 0.15) is 24.2 Å². The number of carbonyl (C=O) groups is 1. The van der Waals surface area contributed by atoms with Crippen molar-refractivity contribution in [1.82, 2.24) is 25.1 Å². The lowest BCUT2D eigenvalue weighted by Crippen LogP contribution is -2.34.